The molecule has 0 radical (unpaired) electrons. The van der Waals surface area contributed by atoms with E-state index >= 15 is 0 Å². The third kappa shape index (κ3) is 4.24. The number of anilines is 1. The second-order valence-corrected chi connectivity index (χ2v) is 8.05. The molecule has 0 unspecified atom stereocenters. The summed E-state index contributed by atoms with van der Waals surface area (Å²) in [6, 6.07) is 20.6. The van der Waals surface area contributed by atoms with Gasteiger partial charge in [-0.15, -0.1) is 0 Å². The van der Waals surface area contributed by atoms with Crippen LogP contribution in [0.25, 0.3) is 10.9 Å². The zero-order chi connectivity index (χ0) is 19.2. The summed E-state index contributed by atoms with van der Waals surface area (Å²) in [6.45, 7) is 0. The van der Waals surface area contributed by atoms with Gasteiger partial charge < -0.3 is 5.32 Å². The molecule has 144 valence electrons. The summed E-state index contributed by atoms with van der Waals surface area (Å²) in [5, 5.41) is 4.25. The van der Waals surface area contributed by atoms with E-state index in [9.17, 15) is 4.79 Å². The van der Waals surface area contributed by atoms with E-state index in [2.05, 4.69) is 40.6 Å². The molecule has 0 saturated heterocycles. The highest BCUT2D eigenvalue weighted by molar-refractivity contribution is 5.96. The van der Waals surface area contributed by atoms with Crippen LogP contribution in [0.15, 0.2) is 66.9 Å². The summed E-state index contributed by atoms with van der Waals surface area (Å²) in [4.78, 5) is 17.8. The third-order valence-corrected chi connectivity index (χ3v) is 6.10. The largest absolute Gasteiger partial charge is 0.324 e. The van der Waals surface area contributed by atoms with E-state index in [0.717, 1.165) is 61.5 Å². The smallest absolute Gasteiger partial charge is 0.230 e. The minimum Gasteiger partial charge on any atom is -0.324 e. The number of aromatic nitrogens is 1. The fourth-order valence-corrected chi connectivity index (χ4v) is 4.50. The summed E-state index contributed by atoms with van der Waals surface area (Å²) in [7, 11) is 0. The molecule has 3 aromatic rings. The average Bonchev–Trinajstić information content (AvgIpc) is 2.75. The van der Waals surface area contributed by atoms with Crippen molar-refractivity contribution >= 4 is 22.5 Å². The van der Waals surface area contributed by atoms with E-state index in [0.29, 0.717) is 0 Å². The molecule has 1 saturated carbocycles. The zero-order valence-electron chi connectivity index (χ0n) is 16.4. The maximum atomic E-state index is 13.3. The van der Waals surface area contributed by atoms with Crippen molar-refractivity contribution in [3.63, 3.8) is 0 Å². The van der Waals surface area contributed by atoms with Gasteiger partial charge in [-0.1, -0.05) is 67.8 Å². The van der Waals surface area contributed by atoms with E-state index in [4.69, 9.17) is 0 Å². The lowest BCUT2D eigenvalue weighted by atomic mass is 9.70. The first-order valence-electron chi connectivity index (χ1n) is 10.5. The van der Waals surface area contributed by atoms with Crippen molar-refractivity contribution in [1.82, 2.24) is 4.98 Å². The number of carbonyl (C=O) groups is 1. The Labute approximate surface area is 167 Å². The first-order chi connectivity index (χ1) is 13.8. The van der Waals surface area contributed by atoms with Crippen LogP contribution >= 0.6 is 0 Å². The van der Waals surface area contributed by atoms with Crippen molar-refractivity contribution < 1.29 is 4.79 Å². The maximum Gasteiger partial charge on any atom is 0.230 e. The number of hydrogen-bond donors (Lipinski definition) is 1. The van der Waals surface area contributed by atoms with Gasteiger partial charge in [-0.25, -0.2) is 0 Å². The predicted molar refractivity (Wildman–Crippen MR) is 115 cm³/mol. The highest BCUT2D eigenvalue weighted by Crippen LogP contribution is 2.41. The molecule has 0 atom stereocenters. The molecule has 2 aromatic carbocycles. The number of hydrogen-bond acceptors (Lipinski definition) is 2. The Balaban J connectivity index is 1.46. The molecule has 0 bridgehead atoms. The first-order valence-corrected chi connectivity index (χ1v) is 10.5. The minimum atomic E-state index is -0.237. The van der Waals surface area contributed by atoms with E-state index in [1.54, 1.807) is 6.20 Å². The van der Waals surface area contributed by atoms with Gasteiger partial charge in [0.05, 0.1) is 17.4 Å². The SMILES string of the molecule is O=C(Nc1cnc2ccccc2c1)C1(CCCc2ccccc2)CCCCC1. The van der Waals surface area contributed by atoms with Gasteiger partial charge in [-0.3, -0.25) is 9.78 Å². The summed E-state index contributed by atoms with van der Waals surface area (Å²) < 4.78 is 0. The Kier molecular flexibility index (Phi) is 5.70. The highest BCUT2D eigenvalue weighted by Gasteiger charge is 2.38. The van der Waals surface area contributed by atoms with Crippen molar-refractivity contribution in [3.8, 4) is 0 Å². The quantitative estimate of drug-likeness (QED) is 0.564. The van der Waals surface area contributed by atoms with Gasteiger partial charge in [0.15, 0.2) is 0 Å². The number of benzene rings is 2. The molecule has 1 amide bonds. The van der Waals surface area contributed by atoms with Crippen molar-refractivity contribution in [3.05, 3.63) is 72.4 Å². The lowest BCUT2D eigenvalue weighted by molar-refractivity contribution is -0.128. The monoisotopic (exact) mass is 372 g/mol. The molecule has 1 aliphatic carbocycles. The van der Waals surface area contributed by atoms with Gasteiger partial charge in [0.25, 0.3) is 0 Å². The van der Waals surface area contributed by atoms with Gasteiger partial charge in [0.1, 0.15) is 0 Å². The van der Waals surface area contributed by atoms with Crippen LogP contribution in [0.3, 0.4) is 0 Å². The van der Waals surface area contributed by atoms with E-state index in [1.807, 2.05) is 30.3 Å². The number of pyridine rings is 1. The van der Waals surface area contributed by atoms with Gasteiger partial charge >= 0.3 is 0 Å². The Morgan fingerprint density at radius 1 is 0.964 bits per heavy atom. The van der Waals surface area contributed by atoms with E-state index in [-0.39, 0.29) is 11.3 Å². The third-order valence-electron chi connectivity index (χ3n) is 6.10. The molecule has 1 aliphatic rings. The lowest BCUT2D eigenvalue weighted by Crippen LogP contribution is -2.38. The van der Waals surface area contributed by atoms with Gasteiger partial charge in [0.2, 0.25) is 5.91 Å². The normalized spacial score (nSPS) is 16.0. The number of nitrogens with zero attached hydrogens (tertiary/aromatic N) is 1. The maximum absolute atomic E-state index is 13.3. The van der Waals surface area contributed by atoms with Crippen LogP contribution in [0, 0.1) is 5.41 Å². The van der Waals surface area contributed by atoms with Crippen LogP contribution in [0.5, 0.6) is 0 Å². The van der Waals surface area contributed by atoms with E-state index < -0.39 is 0 Å². The highest BCUT2D eigenvalue weighted by atomic mass is 16.2. The Hall–Kier alpha value is -2.68. The molecule has 1 heterocycles. The lowest BCUT2D eigenvalue weighted by Gasteiger charge is -2.36. The van der Waals surface area contributed by atoms with Crippen molar-refractivity contribution in [1.29, 1.82) is 0 Å². The van der Waals surface area contributed by atoms with Crippen LogP contribution in [-0.2, 0) is 11.2 Å². The van der Waals surface area contributed by atoms with Crippen molar-refractivity contribution in [2.75, 3.05) is 5.32 Å². The number of carbonyl (C=O) groups excluding carboxylic acids is 1. The van der Waals surface area contributed by atoms with Gasteiger partial charge in [-0.2, -0.15) is 0 Å². The molecule has 1 N–H and O–H groups in total. The predicted octanol–water partition coefficient (Wildman–Crippen LogP) is 6.15. The van der Waals surface area contributed by atoms with E-state index in [1.165, 1.54) is 12.0 Å². The molecule has 28 heavy (non-hydrogen) atoms. The molecule has 3 heteroatoms. The molecule has 1 aromatic heterocycles. The van der Waals surface area contributed by atoms with Crippen LogP contribution < -0.4 is 5.32 Å². The van der Waals surface area contributed by atoms with Crippen LogP contribution in [0.4, 0.5) is 5.69 Å². The van der Waals surface area contributed by atoms with Gasteiger partial charge in [0, 0.05) is 10.8 Å². The Morgan fingerprint density at radius 2 is 1.71 bits per heavy atom. The molecule has 0 aliphatic heterocycles. The summed E-state index contributed by atoms with van der Waals surface area (Å²) >= 11 is 0. The molecule has 1 fully saturated rings. The van der Waals surface area contributed by atoms with Crippen LogP contribution in [0.2, 0.25) is 0 Å². The number of rotatable bonds is 6. The van der Waals surface area contributed by atoms with Crippen molar-refractivity contribution in [2.24, 2.45) is 5.41 Å². The molecule has 4 rings (SSSR count). The average molecular weight is 373 g/mol. The fraction of sp³-hybridized carbons (Fsp3) is 0.360. The second-order valence-electron chi connectivity index (χ2n) is 8.05. The molecule has 3 nitrogen and oxygen atoms in total. The molecular weight excluding hydrogens is 344 g/mol. The molecular formula is C25H28N2O. The number of nitrogens with one attached hydrogen (secondary N) is 1. The number of aryl methyl sites for hydroxylation is 1. The first kappa shape index (κ1) is 18.7. The molecule has 0 spiro atoms. The second kappa shape index (κ2) is 8.55. The minimum absolute atomic E-state index is 0.178. The van der Waals surface area contributed by atoms with Crippen molar-refractivity contribution in [2.45, 2.75) is 51.4 Å². The summed E-state index contributed by atoms with van der Waals surface area (Å²) in [6.07, 6.45) is 10.3. The standard InChI is InChI=1S/C25H28N2O/c28-24(27-22-18-21-13-5-6-14-23(21)26-19-22)25(15-7-2-8-16-25)17-9-12-20-10-3-1-4-11-20/h1,3-6,10-11,13-14,18-19H,2,7-9,12,15-17H2,(H,27,28). The zero-order valence-corrected chi connectivity index (χ0v) is 16.4. The van der Waals surface area contributed by atoms with Crippen LogP contribution in [0.1, 0.15) is 50.5 Å². The summed E-state index contributed by atoms with van der Waals surface area (Å²) in [5.41, 5.74) is 2.87. The number of fused-ring (bicyclic) bond motifs is 1. The topological polar surface area (TPSA) is 42.0 Å². The summed E-state index contributed by atoms with van der Waals surface area (Å²) in [5.74, 6) is 0.178. The number of para-hydroxylation sites is 1. The number of amides is 1. The van der Waals surface area contributed by atoms with Gasteiger partial charge in [-0.05, 0) is 49.8 Å². The Morgan fingerprint density at radius 3 is 2.54 bits per heavy atom. The van der Waals surface area contributed by atoms with Crippen LogP contribution in [-0.4, -0.2) is 10.9 Å². The Bertz CT molecular complexity index is 929. The fourth-order valence-electron chi connectivity index (χ4n) is 4.50.